The summed E-state index contributed by atoms with van der Waals surface area (Å²) >= 11 is 0. The predicted molar refractivity (Wildman–Crippen MR) is 83.6 cm³/mol. The molecule has 3 rings (SSSR count). The first-order chi connectivity index (χ1) is 10.6. The minimum atomic E-state index is -0.395. The van der Waals surface area contributed by atoms with E-state index in [-0.39, 0.29) is 11.3 Å². The first-order valence-electron chi connectivity index (χ1n) is 7.85. The van der Waals surface area contributed by atoms with Crippen LogP contribution in [0.3, 0.4) is 0 Å². The summed E-state index contributed by atoms with van der Waals surface area (Å²) in [5.74, 6) is 0.565. The Hall–Kier alpha value is -1.82. The van der Waals surface area contributed by atoms with E-state index < -0.39 is 4.92 Å². The van der Waals surface area contributed by atoms with Crippen LogP contribution < -0.4 is 9.64 Å². The summed E-state index contributed by atoms with van der Waals surface area (Å²) in [4.78, 5) is 12.7. The van der Waals surface area contributed by atoms with Crippen LogP contribution in [0.2, 0.25) is 0 Å². The second-order valence-electron chi connectivity index (χ2n) is 6.09. The van der Waals surface area contributed by atoms with Crippen molar-refractivity contribution in [1.82, 2.24) is 0 Å². The molecule has 2 heterocycles. The number of non-ortho nitro benzene ring substituents is 1. The van der Waals surface area contributed by atoms with E-state index in [4.69, 9.17) is 9.47 Å². The predicted octanol–water partition coefficient (Wildman–Crippen LogP) is 3.14. The fourth-order valence-corrected chi connectivity index (χ4v) is 3.50. The van der Waals surface area contributed by atoms with Gasteiger partial charge in [-0.2, -0.15) is 0 Å². The van der Waals surface area contributed by atoms with E-state index in [9.17, 15) is 10.1 Å². The smallest absolute Gasteiger partial charge is 0.273 e. The van der Waals surface area contributed by atoms with Crippen molar-refractivity contribution in [3.8, 4) is 5.75 Å². The summed E-state index contributed by atoms with van der Waals surface area (Å²) in [5.41, 5.74) is 1.05. The fraction of sp³-hybridized carbons (Fsp3) is 0.625. The number of rotatable bonds is 3. The standard InChI is InChI=1S/C16H22N2O4/c1-21-15-12-13(18(19)20)4-5-14(15)17-9-7-16(8-10-17)6-2-3-11-22-16/h4-5,12H,2-3,6-11H2,1H3. The number of ether oxygens (including phenoxy) is 2. The van der Waals surface area contributed by atoms with Crippen LogP contribution in [0.4, 0.5) is 11.4 Å². The van der Waals surface area contributed by atoms with E-state index in [0.29, 0.717) is 5.75 Å². The Morgan fingerprint density at radius 3 is 2.64 bits per heavy atom. The molecular formula is C16H22N2O4. The third-order valence-electron chi connectivity index (χ3n) is 4.82. The van der Waals surface area contributed by atoms with Crippen molar-refractivity contribution in [2.75, 3.05) is 31.7 Å². The highest BCUT2D eigenvalue weighted by atomic mass is 16.6. The highest BCUT2D eigenvalue weighted by Gasteiger charge is 2.37. The summed E-state index contributed by atoms with van der Waals surface area (Å²) in [6.07, 6.45) is 5.58. The number of nitro groups is 1. The van der Waals surface area contributed by atoms with Crippen molar-refractivity contribution >= 4 is 11.4 Å². The van der Waals surface area contributed by atoms with Crippen LogP contribution in [0, 0.1) is 10.1 Å². The minimum Gasteiger partial charge on any atom is -0.494 e. The zero-order valence-corrected chi connectivity index (χ0v) is 12.9. The Bertz CT molecular complexity index is 545. The van der Waals surface area contributed by atoms with Gasteiger partial charge in [-0.1, -0.05) is 0 Å². The number of piperidine rings is 1. The number of nitrogens with zero attached hydrogens (tertiary/aromatic N) is 2. The summed E-state index contributed by atoms with van der Waals surface area (Å²) < 4.78 is 11.4. The summed E-state index contributed by atoms with van der Waals surface area (Å²) in [6, 6.07) is 4.83. The van der Waals surface area contributed by atoms with Gasteiger partial charge >= 0.3 is 0 Å². The van der Waals surface area contributed by atoms with Crippen molar-refractivity contribution < 1.29 is 14.4 Å². The molecule has 2 fully saturated rings. The number of hydrogen-bond acceptors (Lipinski definition) is 5. The van der Waals surface area contributed by atoms with Gasteiger partial charge in [0.1, 0.15) is 5.75 Å². The Labute approximate surface area is 130 Å². The van der Waals surface area contributed by atoms with E-state index in [1.54, 1.807) is 19.2 Å². The van der Waals surface area contributed by atoms with Crippen LogP contribution in [0.25, 0.3) is 0 Å². The minimum absolute atomic E-state index is 0.0583. The van der Waals surface area contributed by atoms with Gasteiger partial charge in [0.15, 0.2) is 0 Å². The van der Waals surface area contributed by atoms with E-state index >= 15 is 0 Å². The molecule has 0 aromatic heterocycles. The molecule has 2 saturated heterocycles. The van der Waals surface area contributed by atoms with Crippen molar-refractivity contribution in [2.45, 2.75) is 37.7 Å². The molecule has 0 saturated carbocycles. The van der Waals surface area contributed by atoms with E-state index in [0.717, 1.165) is 44.6 Å². The Morgan fingerprint density at radius 1 is 1.27 bits per heavy atom. The van der Waals surface area contributed by atoms with Gasteiger partial charge in [-0.3, -0.25) is 10.1 Å². The number of hydrogen-bond donors (Lipinski definition) is 0. The Morgan fingerprint density at radius 2 is 2.05 bits per heavy atom. The van der Waals surface area contributed by atoms with Gasteiger partial charge < -0.3 is 14.4 Å². The highest BCUT2D eigenvalue weighted by Crippen LogP contribution is 2.39. The second kappa shape index (κ2) is 6.12. The number of benzene rings is 1. The van der Waals surface area contributed by atoms with E-state index in [1.165, 1.54) is 18.9 Å². The molecule has 1 spiro atoms. The average Bonchev–Trinajstić information content (AvgIpc) is 2.56. The van der Waals surface area contributed by atoms with Gasteiger partial charge in [-0.05, 0) is 38.2 Å². The summed E-state index contributed by atoms with van der Waals surface area (Å²) in [5, 5.41) is 10.9. The molecule has 0 N–H and O–H groups in total. The SMILES string of the molecule is COc1cc([N+](=O)[O-])ccc1N1CCC2(CCCCO2)CC1. The lowest BCUT2D eigenvalue weighted by atomic mass is 9.84. The molecule has 0 bridgehead atoms. The molecule has 0 atom stereocenters. The van der Waals surface area contributed by atoms with Gasteiger partial charge in [-0.15, -0.1) is 0 Å². The second-order valence-corrected chi connectivity index (χ2v) is 6.09. The average molecular weight is 306 g/mol. The molecule has 0 aliphatic carbocycles. The monoisotopic (exact) mass is 306 g/mol. The van der Waals surface area contributed by atoms with E-state index in [2.05, 4.69) is 4.90 Å². The molecule has 1 aromatic carbocycles. The van der Waals surface area contributed by atoms with Crippen molar-refractivity contribution in [1.29, 1.82) is 0 Å². The third kappa shape index (κ3) is 2.88. The lowest BCUT2D eigenvalue weighted by molar-refractivity contribution is -0.384. The summed E-state index contributed by atoms with van der Waals surface area (Å²) in [6.45, 7) is 2.67. The molecule has 2 aliphatic rings. The van der Waals surface area contributed by atoms with Crippen LogP contribution >= 0.6 is 0 Å². The van der Waals surface area contributed by atoms with Gasteiger partial charge in [0.2, 0.25) is 0 Å². The third-order valence-corrected chi connectivity index (χ3v) is 4.82. The number of methoxy groups -OCH3 is 1. The maximum atomic E-state index is 10.9. The van der Waals surface area contributed by atoms with Crippen molar-refractivity contribution in [3.63, 3.8) is 0 Å². The number of nitro benzene ring substituents is 1. The molecule has 1 aromatic rings. The lowest BCUT2D eigenvalue weighted by Gasteiger charge is -2.44. The molecule has 120 valence electrons. The molecule has 2 aliphatic heterocycles. The molecule has 22 heavy (non-hydrogen) atoms. The first-order valence-corrected chi connectivity index (χ1v) is 7.85. The zero-order chi connectivity index (χ0) is 15.6. The fourth-order valence-electron chi connectivity index (χ4n) is 3.50. The maximum absolute atomic E-state index is 10.9. The maximum Gasteiger partial charge on any atom is 0.273 e. The normalized spacial score (nSPS) is 20.9. The van der Waals surface area contributed by atoms with Crippen LogP contribution in [0.5, 0.6) is 5.75 Å². The topological polar surface area (TPSA) is 64.8 Å². The summed E-state index contributed by atoms with van der Waals surface area (Å²) in [7, 11) is 1.55. The Balaban J connectivity index is 1.74. The van der Waals surface area contributed by atoms with Gasteiger partial charge in [-0.25, -0.2) is 0 Å². The van der Waals surface area contributed by atoms with Crippen LogP contribution in [-0.4, -0.2) is 37.3 Å². The molecule has 0 radical (unpaired) electrons. The molecule has 0 amide bonds. The van der Waals surface area contributed by atoms with Crippen LogP contribution in [0.1, 0.15) is 32.1 Å². The zero-order valence-electron chi connectivity index (χ0n) is 12.9. The van der Waals surface area contributed by atoms with Gasteiger partial charge in [0, 0.05) is 25.8 Å². The van der Waals surface area contributed by atoms with Crippen LogP contribution in [0.15, 0.2) is 18.2 Å². The highest BCUT2D eigenvalue weighted by molar-refractivity contribution is 5.62. The molecule has 6 heteroatoms. The quantitative estimate of drug-likeness (QED) is 0.634. The Kier molecular flexibility index (Phi) is 4.20. The van der Waals surface area contributed by atoms with Gasteiger partial charge in [0.25, 0.3) is 5.69 Å². The first kappa shape index (κ1) is 15.1. The van der Waals surface area contributed by atoms with Crippen molar-refractivity contribution in [2.24, 2.45) is 0 Å². The number of anilines is 1. The largest absolute Gasteiger partial charge is 0.494 e. The van der Waals surface area contributed by atoms with Crippen molar-refractivity contribution in [3.05, 3.63) is 28.3 Å². The molecule has 6 nitrogen and oxygen atoms in total. The molecule has 0 unspecified atom stereocenters. The molecular weight excluding hydrogens is 284 g/mol. The lowest BCUT2D eigenvalue weighted by Crippen LogP contribution is -2.47. The van der Waals surface area contributed by atoms with Crippen LogP contribution in [-0.2, 0) is 4.74 Å². The van der Waals surface area contributed by atoms with E-state index in [1.807, 2.05) is 0 Å². The van der Waals surface area contributed by atoms with Gasteiger partial charge in [0.05, 0.1) is 29.4 Å².